The van der Waals surface area contributed by atoms with Crippen molar-refractivity contribution in [3.63, 3.8) is 0 Å². The van der Waals surface area contributed by atoms with E-state index >= 15 is 0 Å². The molecule has 1 atom stereocenters. The van der Waals surface area contributed by atoms with Gasteiger partial charge in [0.15, 0.2) is 0 Å². The van der Waals surface area contributed by atoms with E-state index in [0.29, 0.717) is 0 Å². The highest BCUT2D eigenvalue weighted by Crippen LogP contribution is 2.29. The van der Waals surface area contributed by atoms with Gasteiger partial charge in [0.1, 0.15) is 0 Å². The van der Waals surface area contributed by atoms with E-state index in [1.807, 2.05) is 30.8 Å². The topological polar surface area (TPSA) is 26.0 Å². The predicted molar refractivity (Wildman–Crippen MR) is 69.8 cm³/mol. The Labute approximate surface area is 101 Å². The van der Waals surface area contributed by atoms with E-state index in [4.69, 9.17) is 17.3 Å². The van der Waals surface area contributed by atoms with Gasteiger partial charge < -0.3 is 5.73 Å². The second-order valence-corrected chi connectivity index (χ2v) is 5.29. The Bertz CT molecular complexity index is 312. The second-order valence-electron chi connectivity index (χ2n) is 3.75. The SMILES string of the molecule is CCCSc1cccc(Cl)c1CC(C)N. The third-order valence-corrected chi connectivity index (χ3v) is 3.72. The normalized spacial score (nSPS) is 12.8. The lowest BCUT2D eigenvalue weighted by Crippen LogP contribution is -2.18. The molecule has 2 N–H and O–H groups in total. The molecule has 0 radical (unpaired) electrons. The minimum Gasteiger partial charge on any atom is -0.328 e. The van der Waals surface area contributed by atoms with Crippen LogP contribution in [0.5, 0.6) is 0 Å². The molecule has 0 aliphatic rings. The third kappa shape index (κ3) is 4.06. The zero-order valence-corrected chi connectivity index (χ0v) is 10.9. The summed E-state index contributed by atoms with van der Waals surface area (Å²) in [5, 5.41) is 0.841. The Morgan fingerprint density at radius 2 is 2.20 bits per heavy atom. The molecule has 0 aliphatic heterocycles. The van der Waals surface area contributed by atoms with Crippen LogP contribution in [0.3, 0.4) is 0 Å². The number of benzene rings is 1. The zero-order chi connectivity index (χ0) is 11.3. The highest BCUT2D eigenvalue weighted by molar-refractivity contribution is 7.99. The van der Waals surface area contributed by atoms with Crippen molar-refractivity contribution in [3.8, 4) is 0 Å². The molecule has 0 bridgehead atoms. The molecule has 0 fully saturated rings. The molecule has 0 saturated heterocycles. The summed E-state index contributed by atoms with van der Waals surface area (Å²) >= 11 is 8.05. The molecule has 1 unspecified atom stereocenters. The Morgan fingerprint density at radius 1 is 1.47 bits per heavy atom. The summed E-state index contributed by atoms with van der Waals surface area (Å²) in [6, 6.07) is 6.23. The molecule has 15 heavy (non-hydrogen) atoms. The molecule has 0 aliphatic carbocycles. The highest BCUT2D eigenvalue weighted by atomic mass is 35.5. The van der Waals surface area contributed by atoms with Crippen molar-refractivity contribution in [3.05, 3.63) is 28.8 Å². The van der Waals surface area contributed by atoms with Crippen molar-refractivity contribution in [2.75, 3.05) is 5.75 Å². The maximum absolute atomic E-state index is 6.18. The van der Waals surface area contributed by atoms with E-state index in [2.05, 4.69) is 13.0 Å². The first-order valence-electron chi connectivity index (χ1n) is 5.31. The van der Waals surface area contributed by atoms with Crippen molar-refractivity contribution in [2.24, 2.45) is 5.73 Å². The van der Waals surface area contributed by atoms with Gasteiger partial charge in [0, 0.05) is 16.0 Å². The molecule has 1 aromatic rings. The maximum Gasteiger partial charge on any atom is 0.0449 e. The standard InChI is InChI=1S/C12H18ClNS/c1-3-7-15-12-6-4-5-11(13)10(12)8-9(2)14/h4-6,9H,3,7-8,14H2,1-2H3. The minimum absolute atomic E-state index is 0.158. The van der Waals surface area contributed by atoms with Gasteiger partial charge >= 0.3 is 0 Å². The predicted octanol–water partition coefficient (Wildman–Crippen LogP) is 3.73. The van der Waals surface area contributed by atoms with Crippen LogP contribution in [0.15, 0.2) is 23.1 Å². The average Bonchev–Trinajstić information content (AvgIpc) is 2.18. The second kappa shape index (κ2) is 6.41. The molecule has 0 spiro atoms. The first-order chi connectivity index (χ1) is 7.15. The summed E-state index contributed by atoms with van der Waals surface area (Å²) < 4.78 is 0. The summed E-state index contributed by atoms with van der Waals surface area (Å²) in [5.41, 5.74) is 7.02. The number of hydrogen-bond donors (Lipinski definition) is 1. The smallest absolute Gasteiger partial charge is 0.0449 e. The summed E-state index contributed by atoms with van der Waals surface area (Å²) in [6.07, 6.45) is 2.03. The average molecular weight is 244 g/mol. The van der Waals surface area contributed by atoms with Gasteiger partial charge in [-0.05, 0) is 43.2 Å². The molecule has 0 amide bonds. The van der Waals surface area contributed by atoms with Crippen LogP contribution in [0.2, 0.25) is 5.02 Å². The van der Waals surface area contributed by atoms with Crippen molar-refractivity contribution >= 4 is 23.4 Å². The van der Waals surface area contributed by atoms with E-state index in [0.717, 1.165) is 17.2 Å². The van der Waals surface area contributed by atoms with E-state index in [1.54, 1.807) is 0 Å². The van der Waals surface area contributed by atoms with E-state index in [1.165, 1.54) is 16.9 Å². The lowest BCUT2D eigenvalue weighted by atomic mass is 10.1. The summed E-state index contributed by atoms with van der Waals surface area (Å²) in [7, 11) is 0. The van der Waals surface area contributed by atoms with Crippen LogP contribution < -0.4 is 5.73 Å². The van der Waals surface area contributed by atoms with Gasteiger partial charge in [-0.2, -0.15) is 0 Å². The maximum atomic E-state index is 6.18. The van der Waals surface area contributed by atoms with Gasteiger partial charge in [-0.3, -0.25) is 0 Å². The van der Waals surface area contributed by atoms with Crippen molar-refractivity contribution in [1.82, 2.24) is 0 Å². The van der Waals surface area contributed by atoms with Crippen LogP contribution in [-0.2, 0) is 6.42 Å². The molecule has 0 saturated carbocycles. The van der Waals surface area contributed by atoms with Gasteiger partial charge in [-0.25, -0.2) is 0 Å². The lowest BCUT2D eigenvalue weighted by Gasteiger charge is -2.12. The Kier molecular flexibility index (Phi) is 5.51. The van der Waals surface area contributed by atoms with E-state index < -0.39 is 0 Å². The van der Waals surface area contributed by atoms with Crippen molar-refractivity contribution in [2.45, 2.75) is 37.6 Å². The first kappa shape index (κ1) is 12.9. The van der Waals surface area contributed by atoms with Crippen LogP contribution in [-0.4, -0.2) is 11.8 Å². The van der Waals surface area contributed by atoms with Gasteiger partial charge in [0.2, 0.25) is 0 Å². The summed E-state index contributed by atoms with van der Waals surface area (Å²) in [4.78, 5) is 1.28. The number of hydrogen-bond acceptors (Lipinski definition) is 2. The van der Waals surface area contributed by atoms with E-state index in [-0.39, 0.29) is 6.04 Å². The molecule has 84 valence electrons. The van der Waals surface area contributed by atoms with E-state index in [9.17, 15) is 0 Å². The molecule has 0 aromatic heterocycles. The van der Waals surface area contributed by atoms with Crippen molar-refractivity contribution < 1.29 is 0 Å². The highest BCUT2D eigenvalue weighted by Gasteiger charge is 2.08. The van der Waals surface area contributed by atoms with Crippen LogP contribution in [0.4, 0.5) is 0 Å². The Balaban J connectivity index is 2.87. The molecule has 0 heterocycles. The van der Waals surface area contributed by atoms with Crippen LogP contribution in [0.25, 0.3) is 0 Å². The van der Waals surface area contributed by atoms with Crippen LogP contribution in [0, 0.1) is 0 Å². The van der Waals surface area contributed by atoms with Gasteiger partial charge in [0.25, 0.3) is 0 Å². The zero-order valence-electron chi connectivity index (χ0n) is 9.29. The number of rotatable bonds is 5. The monoisotopic (exact) mass is 243 g/mol. The molecular weight excluding hydrogens is 226 g/mol. The summed E-state index contributed by atoms with van der Waals surface area (Å²) in [5.74, 6) is 1.13. The fraction of sp³-hybridized carbons (Fsp3) is 0.500. The number of halogens is 1. The third-order valence-electron chi connectivity index (χ3n) is 2.06. The lowest BCUT2D eigenvalue weighted by molar-refractivity contribution is 0.729. The van der Waals surface area contributed by atoms with Crippen LogP contribution >= 0.6 is 23.4 Å². The quantitative estimate of drug-likeness (QED) is 0.798. The number of nitrogens with two attached hydrogens (primary N) is 1. The number of thioether (sulfide) groups is 1. The molecule has 1 nitrogen and oxygen atoms in total. The molecule has 1 rings (SSSR count). The largest absolute Gasteiger partial charge is 0.328 e. The Hall–Kier alpha value is -0.180. The van der Waals surface area contributed by atoms with Crippen molar-refractivity contribution in [1.29, 1.82) is 0 Å². The molecular formula is C12H18ClNS. The van der Waals surface area contributed by atoms with Gasteiger partial charge in [0.05, 0.1) is 0 Å². The van der Waals surface area contributed by atoms with Gasteiger partial charge in [-0.1, -0.05) is 24.6 Å². The molecule has 3 heteroatoms. The fourth-order valence-corrected chi connectivity index (χ4v) is 2.68. The Morgan fingerprint density at radius 3 is 2.80 bits per heavy atom. The first-order valence-corrected chi connectivity index (χ1v) is 6.67. The summed E-state index contributed by atoms with van der Waals surface area (Å²) in [6.45, 7) is 4.19. The fourth-order valence-electron chi connectivity index (χ4n) is 1.41. The molecule has 1 aromatic carbocycles. The van der Waals surface area contributed by atoms with Crippen LogP contribution in [0.1, 0.15) is 25.8 Å². The minimum atomic E-state index is 0.158. The van der Waals surface area contributed by atoms with Gasteiger partial charge in [-0.15, -0.1) is 11.8 Å².